The van der Waals surface area contributed by atoms with E-state index < -0.39 is 35.4 Å². The molecule has 1 aliphatic heterocycles. The van der Waals surface area contributed by atoms with Gasteiger partial charge in [-0.25, -0.2) is 13.6 Å². The van der Waals surface area contributed by atoms with Gasteiger partial charge in [-0.2, -0.15) is 5.26 Å². The lowest BCUT2D eigenvalue weighted by Gasteiger charge is -2.18. The number of nitrogens with one attached hydrogen (secondary N) is 2. The van der Waals surface area contributed by atoms with E-state index in [1.165, 1.54) is 29.8 Å². The van der Waals surface area contributed by atoms with Crippen LogP contribution in [0.1, 0.15) is 12.0 Å². The van der Waals surface area contributed by atoms with Crippen LogP contribution < -0.4 is 16.4 Å². The molecule has 0 bridgehead atoms. The third-order valence-electron chi connectivity index (χ3n) is 5.58. The van der Waals surface area contributed by atoms with Gasteiger partial charge in [0.05, 0.1) is 11.6 Å². The Kier molecular flexibility index (Phi) is 6.53. The first-order chi connectivity index (χ1) is 15.9. The van der Waals surface area contributed by atoms with E-state index in [0.29, 0.717) is 18.7 Å². The highest BCUT2D eigenvalue weighted by atomic mass is 19.1. The molecule has 4 rings (SSSR count). The summed E-state index contributed by atoms with van der Waals surface area (Å²) in [5.74, 6) is -2.37. The van der Waals surface area contributed by atoms with Gasteiger partial charge in [-0.15, -0.1) is 0 Å². The normalized spacial score (nSPS) is 17.3. The van der Waals surface area contributed by atoms with E-state index in [2.05, 4.69) is 10.6 Å². The number of rotatable bonds is 5. The van der Waals surface area contributed by atoms with Gasteiger partial charge in [-0.05, 0) is 36.2 Å². The van der Waals surface area contributed by atoms with Gasteiger partial charge < -0.3 is 19.8 Å². The molecular formula is C23H22F2N4O4. The van der Waals surface area contributed by atoms with Gasteiger partial charge in [-0.1, -0.05) is 12.1 Å². The standard InChI is InChI=1S/C23H22F2N4O4/c1-29-19-9-16(18(25)10-20(19)33-23(29)31)13-3-4-14(17(24)8-13)7-15(11-26)28-22(30)21-12-27-5-2-6-32-21/h3-4,8-10,15,21,27H,2,5-7,12H2,1H3,(H,28,30). The van der Waals surface area contributed by atoms with Crippen LogP contribution in [-0.2, 0) is 23.0 Å². The number of aryl methyl sites for hydroxylation is 1. The smallest absolute Gasteiger partial charge is 0.408 e. The Bertz CT molecular complexity index is 1290. The number of carbonyl (C=O) groups is 1. The maximum Gasteiger partial charge on any atom is 0.419 e. The Hall–Kier alpha value is -3.55. The largest absolute Gasteiger partial charge is 0.419 e. The van der Waals surface area contributed by atoms with Crippen molar-refractivity contribution in [1.82, 2.24) is 15.2 Å². The molecule has 172 valence electrons. The highest BCUT2D eigenvalue weighted by Gasteiger charge is 2.24. The Labute approximate surface area is 187 Å². The molecule has 10 heteroatoms. The molecular weight excluding hydrogens is 434 g/mol. The third kappa shape index (κ3) is 4.79. The monoisotopic (exact) mass is 456 g/mol. The van der Waals surface area contributed by atoms with E-state index in [-0.39, 0.29) is 28.7 Å². The maximum absolute atomic E-state index is 14.9. The Morgan fingerprint density at radius 1 is 1.33 bits per heavy atom. The minimum absolute atomic E-state index is 0.0632. The number of carbonyl (C=O) groups excluding carboxylic acids is 1. The van der Waals surface area contributed by atoms with Crippen LogP contribution in [0.3, 0.4) is 0 Å². The molecule has 1 saturated heterocycles. The van der Waals surface area contributed by atoms with Gasteiger partial charge in [0.25, 0.3) is 5.91 Å². The fourth-order valence-electron chi connectivity index (χ4n) is 3.75. The number of benzene rings is 2. The fraction of sp³-hybridized carbons (Fsp3) is 0.348. The second-order valence-corrected chi connectivity index (χ2v) is 7.84. The van der Waals surface area contributed by atoms with Crippen molar-refractivity contribution in [2.75, 3.05) is 19.7 Å². The first-order valence-electron chi connectivity index (χ1n) is 10.5. The zero-order valence-corrected chi connectivity index (χ0v) is 17.9. The van der Waals surface area contributed by atoms with Gasteiger partial charge in [0.15, 0.2) is 5.58 Å². The molecule has 8 nitrogen and oxygen atoms in total. The fourth-order valence-corrected chi connectivity index (χ4v) is 3.75. The van der Waals surface area contributed by atoms with E-state index in [4.69, 9.17) is 9.15 Å². The van der Waals surface area contributed by atoms with Crippen LogP contribution in [0.4, 0.5) is 8.78 Å². The van der Waals surface area contributed by atoms with E-state index in [0.717, 1.165) is 25.1 Å². The summed E-state index contributed by atoms with van der Waals surface area (Å²) in [7, 11) is 1.49. The van der Waals surface area contributed by atoms with E-state index in [1.807, 2.05) is 6.07 Å². The summed E-state index contributed by atoms with van der Waals surface area (Å²) in [6.45, 7) is 1.52. The second kappa shape index (κ2) is 9.52. The molecule has 1 amide bonds. The summed E-state index contributed by atoms with van der Waals surface area (Å²) in [5.41, 5.74) is 1.04. The number of hydrogen-bond donors (Lipinski definition) is 2. The average Bonchev–Trinajstić information content (AvgIpc) is 2.98. The molecule has 1 aromatic heterocycles. The Morgan fingerprint density at radius 3 is 2.91 bits per heavy atom. The number of nitrogens with zero attached hydrogens (tertiary/aromatic N) is 2. The molecule has 1 aliphatic rings. The molecule has 2 N–H and O–H groups in total. The highest BCUT2D eigenvalue weighted by molar-refractivity contribution is 5.82. The molecule has 0 spiro atoms. The molecule has 2 atom stereocenters. The van der Waals surface area contributed by atoms with Crippen LogP contribution >= 0.6 is 0 Å². The number of aromatic nitrogens is 1. The molecule has 0 saturated carbocycles. The average molecular weight is 456 g/mol. The summed E-state index contributed by atoms with van der Waals surface area (Å²) in [4.78, 5) is 24.1. The van der Waals surface area contributed by atoms with Crippen molar-refractivity contribution in [2.45, 2.75) is 25.0 Å². The van der Waals surface area contributed by atoms with Crippen LogP contribution in [-0.4, -0.2) is 42.3 Å². The van der Waals surface area contributed by atoms with Crippen molar-refractivity contribution in [1.29, 1.82) is 5.26 Å². The van der Waals surface area contributed by atoms with Crippen molar-refractivity contribution in [3.05, 3.63) is 58.1 Å². The van der Waals surface area contributed by atoms with E-state index in [1.54, 1.807) is 0 Å². The zero-order valence-electron chi connectivity index (χ0n) is 17.9. The summed E-state index contributed by atoms with van der Waals surface area (Å²) in [5, 5.41) is 15.1. The van der Waals surface area contributed by atoms with Crippen LogP contribution in [0.5, 0.6) is 0 Å². The predicted octanol–water partition coefficient (Wildman–Crippen LogP) is 2.01. The summed E-state index contributed by atoms with van der Waals surface area (Å²) >= 11 is 0. The topological polar surface area (TPSA) is 109 Å². The van der Waals surface area contributed by atoms with Crippen molar-refractivity contribution < 1.29 is 22.7 Å². The van der Waals surface area contributed by atoms with Crippen molar-refractivity contribution in [3.8, 4) is 17.2 Å². The van der Waals surface area contributed by atoms with E-state index >= 15 is 0 Å². The molecule has 1 fully saturated rings. The molecule has 0 aliphatic carbocycles. The van der Waals surface area contributed by atoms with Crippen LogP contribution in [0.15, 0.2) is 39.5 Å². The maximum atomic E-state index is 14.9. The predicted molar refractivity (Wildman–Crippen MR) is 115 cm³/mol. The number of hydrogen-bond acceptors (Lipinski definition) is 6. The van der Waals surface area contributed by atoms with Gasteiger partial charge in [-0.3, -0.25) is 9.36 Å². The summed E-state index contributed by atoms with van der Waals surface area (Å²) < 4.78 is 41.1. The number of amides is 1. The first kappa shape index (κ1) is 22.6. The first-order valence-corrected chi connectivity index (χ1v) is 10.5. The summed E-state index contributed by atoms with van der Waals surface area (Å²) in [6, 6.07) is 7.65. The lowest BCUT2D eigenvalue weighted by molar-refractivity contribution is -0.132. The zero-order chi connectivity index (χ0) is 23.5. The highest BCUT2D eigenvalue weighted by Crippen LogP contribution is 2.29. The third-order valence-corrected chi connectivity index (χ3v) is 5.58. The van der Waals surface area contributed by atoms with Crippen LogP contribution in [0.25, 0.3) is 22.2 Å². The Morgan fingerprint density at radius 2 is 2.15 bits per heavy atom. The lowest BCUT2D eigenvalue weighted by Crippen LogP contribution is -2.46. The number of halogens is 2. The Balaban J connectivity index is 1.52. The van der Waals surface area contributed by atoms with Crippen molar-refractivity contribution >= 4 is 17.0 Å². The second-order valence-electron chi connectivity index (χ2n) is 7.84. The molecule has 2 aromatic carbocycles. The number of nitriles is 1. The van der Waals surface area contributed by atoms with Crippen LogP contribution in [0, 0.1) is 23.0 Å². The minimum Gasteiger partial charge on any atom is -0.408 e. The molecule has 2 heterocycles. The minimum atomic E-state index is -0.960. The van der Waals surface area contributed by atoms with Gasteiger partial charge in [0.2, 0.25) is 0 Å². The van der Waals surface area contributed by atoms with Crippen molar-refractivity contribution in [2.24, 2.45) is 7.05 Å². The van der Waals surface area contributed by atoms with E-state index in [9.17, 15) is 23.6 Å². The summed E-state index contributed by atoms with van der Waals surface area (Å²) in [6.07, 6.45) is 0.00651. The van der Waals surface area contributed by atoms with Gasteiger partial charge in [0, 0.05) is 38.2 Å². The molecule has 33 heavy (non-hydrogen) atoms. The molecule has 3 aromatic rings. The van der Waals surface area contributed by atoms with Crippen molar-refractivity contribution in [3.63, 3.8) is 0 Å². The SMILES string of the molecule is Cn1c(=O)oc2cc(F)c(-c3ccc(CC(C#N)NC(=O)C4CNCCCO4)c(F)c3)cc21. The van der Waals surface area contributed by atoms with Crippen LogP contribution in [0.2, 0.25) is 0 Å². The number of fused-ring (bicyclic) bond motifs is 1. The quantitative estimate of drug-likeness (QED) is 0.608. The molecule has 2 unspecified atom stereocenters. The number of oxazole rings is 1. The van der Waals surface area contributed by atoms with Gasteiger partial charge in [0.1, 0.15) is 23.8 Å². The lowest BCUT2D eigenvalue weighted by atomic mass is 9.99. The molecule has 0 radical (unpaired) electrons. The van der Waals surface area contributed by atoms with Gasteiger partial charge >= 0.3 is 5.76 Å². The number of ether oxygens (including phenoxy) is 1.